The highest BCUT2D eigenvalue weighted by atomic mass is 32.1. The Morgan fingerprint density at radius 2 is 1.86 bits per heavy atom. The smallest absolute Gasteiger partial charge is 0.329 e. The van der Waals surface area contributed by atoms with Crippen molar-refractivity contribution in [3.05, 3.63) is 64.8 Å². The van der Waals surface area contributed by atoms with Crippen molar-refractivity contribution in [1.29, 1.82) is 0 Å². The van der Waals surface area contributed by atoms with Gasteiger partial charge in [0.2, 0.25) is 11.8 Å². The van der Waals surface area contributed by atoms with Crippen LogP contribution in [0.4, 0.5) is 0 Å². The quantitative estimate of drug-likeness (QED) is 0.343. The van der Waals surface area contributed by atoms with E-state index in [-0.39, 0.29) is 29.9 Å². The fraction of sp³-hybridized carbons (Fsp3) is 0.484. The van der Waals surface area contributed by atoms with Crippen LogP contribution in [0.1, 0.15) is 52.9 Å². The standard InChI is InChI=1S/C31H35N4O6PS/c36-29(28-13-23-9-19(17-42(39,40)41)3-6-27(23)43-28)33-25-12-22-10-21(22)11-24-4-5-26(35(24)30(25)37)31(38)34-15-20(16-34)8-18-2-1-7-32-14-18/h1-3,6-7,9,13-14,20-22,24-26H,4-5,8,10-12,15-17H2,(H,33,36)(H2,39,40,41)/t21-,22+,24-,25+,26+/m1/s1. The predicted octanol–water partition coefficient (Wildman–Crippen LogP) is 3.56. The van der Waals surface area contributed by atoms with Crippen LogP contribution in [0, 0.1) is 17.8 Å². The van der Waals surface area contributed by atoms with Gasteiger partial charge in [-0.2, -0.15) is 0 Å². The van der Waals surface area contributed by atoms with E-state index in [1.807, 2.05) is 22.1 Å². The van der Waals surface area contributed by atoms with Crippen LogP contribution in [-0.4, -0.2) is 73.5 Å². The molecule has 3 saturated heterocycles. The van der Waals surface area contributed by atoms with E-state index >= 15 is 0 Å². The van der Waals surface area contributed by atoms with Crippen LogP contribution in [0.15, 0.2) is 48.8 Å². The second-order valence-electron chi connectivity index (χ2n) is 12.7. The zero-order chi connectivity index (χ0) is 29.9. The van der Waals surface area contributed by atoms with Crippen LogP contribution >= 0.6 is 18.9 Å². The molecule has 0 radical (unpaired) electrons. The van der Waals surface area contributed by atoms with E-state index in [4.69, 9.17) is 0 Å². The van der Waals surface area contributed by atoms with Gasteiger partial charge in [-0.25, -0.2) is 0 Å². The number of benzene rings is 1. The predicted molar refractivity (Wildman–Crippen MR) is 161 cm³/mol. The Morgan fingerprint density at radius 1 is 1.05 bits per heavy atom. The number of thiophene rings is 1. The van der Waals surface area contributed by atoms with Crippen LogP contribution in [0.5, 0.6) is 0 Å². The number of carbonyl (C=O) groups excluding carboxylic acids is 3. The molecule has 10 nitrogen and oxygen atoms in total. The van der Waals surface area contributed by atoms with Gasteiger partial charge in [-0.1, -0.05) is 12.1 Å². The summed E-state index contributed by atoms with van der Waals surface area (Å²) in [5.41, 5.74) is 1.67. The van der Waals surface area contributed by atoms with Gasteiger partial charge in [0.1, 0.15) is 12.1 Å². The summed E-state index contributed by atoms with van der Waals surface area (Å²) >= 11 is 1.29. The minimum Gasteiger partial charge on any atom is -0.340 e. The molecule has 3 aliphatic heterocycles. The zero-order valence-electron chi connectivity index (χ0n) is 23.7. The maximum absolute atomic E-state index is 14.1. The van der Waals surface area contributed by atoms with Crippen LogP contribution in [-0.2, 0) is 26.7 Å². The van der Waals surface area contributed by atoms with Crippen molar-refractivity contribution in [1.82, 2.24) is 20.1 Å². The normalized spacial score (nSPS) is 27.2. The Labute approximate surface area is 253 Å². The number of pyridine rings is 1. The largest absolute Gasteiger partial charge is 0.340 e. The minimum absolute atomic E-state index is 0.0203. The third-order valence-corrected chi connectivity index (χ3v) is 11.4. The zero-order valence-corrected chi connectivity index (χ0v) is 25.4. The molecule has 5 heterocycles. The van der Waals surface area contributed by atoms with Gasteiger partial charge >= 0.3 is 7.60 Å². The van der Waals surface area contributed by atoms with Crippen molar-refractivity contribution in [2.24, 2.45) is 17.8 Å². The fourth-order valence-corrected chi connectivity index (χ4v) is 8.96. The Balaban J connectivity index is 1.04. The summed E-state index contributed by atoms with van der Waals surface area (Å²) in [7, 11) is -4.21. The number of hydrogen-bond acceptors (Lipinski definition) is 6. The average molecular weight is 623 g/mol. The molecule has 1 aliphatic carbocycles. The van der Waals surface area contributed by atoms with Crippen molar-refractivity contribution in [2.75, 3.05) is 13.1 Å². The molecule has 3 N–H and O–H groups in total. The lowest BCUT2D eigenvalue weighted by Gasteiger charge is -2.43. The number of nitrogens with one attached hydrogen (secondary N) is 1. The lowest BCUT2D eigenvalue weighted by atomic mass is 9.92. The molecule has 4 aliphatic rings. The first-order valence-corrected chi connectivity index (χ1v) is 17.6. The van der Waals surface area contributed by atoms with E-state index in [1.54, 1.807) is 30.5 Å². The summed E-state index contributed by atoms with van der Waals surface area (Å²) in [4.78, 5) is 68.2. The van der Waals surface area contributed by atoms with Gasteiger partial charge in [-0.15, -0.1) is 11.3 Å². The van der Waals surface area contributed by atoms with Crippen molar-refractivity contribution in [3.63, 3.8) is 0 Å². The van der Waals surface area contributed by atoms with Crippen molar-refractivity contribution in [2.45, 2.75) is 62.8 Å². The lowest BCUT2D eigenvalue weighted by molar-refractivity contribution is -0.151. The average Bonchev–Trinajstić information content (AvgIpc) is 3.31. The van der Waals surface area contributed by atoms with Gasteiger partial charge in [0, 0.05) is 36.2 Å². The molecule has 0 bridgehead atoms. The molecule has 5 atom stereocenters. The lowest BCUT2D eigenvalue weighted by Crippen LogP contribution is -2.60. The van der Waals surface area contributed by atoms with Crippen LogP contribution in [0.3, 0.4) is 0 Å². The molecule has 0 spiro atoms. The first-order chi connectivity index (χ1) is 20.6. The Hall–Kier alpha value is -3.11. The van der Waals surface area contributed by atoms with Gasteiger partial charge in [-0.05, 0) is 97.1 Å². The van der Waals surface area contributed by atoms with Crippen molar-refractivity contribution < 1.29 is 28.7 Å². The van der Waals surface area contributed by atoms with E-state index in [9.17, 15) is 28.7 Å². The van der Waals surface area contributed by atoms with Crippen LogP contribution in [0.2, 0.25) is 0 Å². The Kier molecular flexibility index (Phi) is 7.40. The number of aromatic nitrogens is 1. The molecule has 3 aromatic rings. The monoisotopic (exact) mass is 622 g/mol. The molecule has 1 aromatic carbocycles. The number of hydrogen-bond donors (Lipinski definition) is 3. The summed E-state index contributed by atoms with van der Waals surface area (Å²) in [5, 5.41) is 3.74. The van der Waals surface area contributed by atoms with Crippen molar-refractivity contribution >= 4 is 46.7 Å². The van der Waals surface area contributed by atoms with Gasteiger partial charge in [0.15, 0.2) is 0 Å². The second-order valence-corrected chi connectivity index (χ2v) is 15.5. The molecular formula is C31H35N4O6PS. The molecule has 1 saturated carbocycles. The third-order valence-electron chi connectivity index (χ3n) is 9.54. The highest BCUT2D eigenvalue weighted by molar-refractivity contribution is 7.50. The summed E-state index contributed by atoms with van der Waals surface area (Å²) in [6, 6.07) is 9.67. The van der Waals surface area contributed by atoms with Crippen molar-refractivity contribution in [3.8, 4) is 0 Å². The summed E-state index contributed by atoms with van der Waals surface area (Å²) < 4.78 is 12.3. The summed E-state index contributed by atoms with van der Waals surface area (Å²) in [6.07, 6.45) is 8.17. The first-order valence-electron chi connectivity index (χ1n) is 15.0. The van der Waals surface area contributed by atoms with E-state index in [2.05, 4.69) is 16.4 Å². The molecule has 4 fully saturated rings. The SMILES string of the molecule is O=C(N[C@H]1C[C@@H]2C[C@@H]2C[C@H]2CC[C@@H](C(=O)N3CC(Cc4cccnc4)C3)N2C1=O)c1cc2cc(CP(=O)(O)O)ccc2s1. The number of likely N-dealkylation sites (tertiary alicyclic amines) is 1. The molecule has 226 valence electrons. The maximum atomic E-state index is 14.1. The second kappa shape index (κ2) is 11.1. The molecule has 2 aromatic heterocycles. The molecular weight excluding hydrogens is 587 g/mol. The highest BCUT2D eigenvalue weighted by Crippen LogP contribution is 2.49. The number of amides is 3. The number of carbonyl (C=O) groups is 3. The molecule has 12 heteroatoms. The van der Waals surface area contributed by atoms with Gasteiger partial charge < -0.3 is 24.9 Å². The molecule has 0 unspecified atom stereocenters. The molecule has 43 heavy (non-hydrogen) atoms. The highest BCUT2D eigenvalue weighted by Gasteiger charge is 2.52. The van der Waals surface area contributed by atoms with E-state index < -0.39 is 19.7 Å². The molecule has 3 amide bonds. The third kappa shape index (κ3) is 6.00. The topological polar surface area (TPSA) is 140 Å². The molecule has 7 rings (SSSR count). The first kappa shape index (κ1) is 28.6. The van der Waals surface area contributed by atoms with Gasteiger partial charge in [0.05, 0.1) is 11.0 Å². The number of nitrogens with zero attached hydrogens (tertiary/aromatic N) is 3. The van der Waals surface area contributed by atoms with Gasteiger partial charge in [0.25, 0.3) is 5.91 Å². The van der Waals surface area contributed by atoms with E-state index in [0.29, 0.717) is 54.1 Å². The van der Waals surface area contributed by atoms with Crippen LogP contribution < -0.4 is 5.32 Å². The number of fused-ring (bicyclic) bond motifs is 3. The Bertz CT molecular complexity index is 1620. The summed E-state index contributed by atoms with van der Waals surface area (Å²) in [6.45, 7) is 1.37. The van der Waals surface area contributed by atoms with E-state index in [0.717, 1.165) is 41.3 Å². The van der Waals surface area contributed by atoms with E-state index in [1.165, 1.54) is 11.3 Å². The summed E-state index contributed by atoms with van der Waals surface area (Å²) in [5.74, 6) is 0.852. The number of rotatable bonds is 7. The van der Waals surface area contributed by atoms with Gasteiger partial charge in [-0.3, -0.25) is 23.9 Å². The maximum Gasteiger partial charge on any atom is 0.329 e. The minimum atomic E-state index is -4.21. The Morgan fingerprint density at radius 3 is 2.63 bits per heavy atom. The van der Waals surface area contributed by atoms with Crippen LogP contribution in [0.25, 0.3) is 10.1 Å². The fourth-order valence-electron chi connectivity index (χ4n) is 7.34.